The molecule has 0 aromatic heterocycles. The van der Waals surface area contributed by atoms with Crippen molar-refractivity contribution in [2.24, 2.45) is 0 Å². The topological polar surface area (TPSA) is 41.6 Å². The maximum Gasteiger partial charge on any atom is 0.317 e. The van der Waals surface area contributed by atoms with Crippen molar-refractivity contribution in [1.29, 1.82) is 0 Å². The van der Waals surface area contributed by atoms with Crippen molar-refractivity contribution in [2.75, 3.05) is 24.6 Å². The van der Waals surface area contributed by atoms with E-state index in [1.807, 2.05) is 16.7 Å². The van der Waals surface area contributed by atoms with Gasteiger partial charge in [0.1, 0.15) is 0 Å². The van der Waals surface area contributed by atoms with Gasteiger partial charge in [0, 0.05) is 24.6 Å². The van der Waals surface area contributed by atoms with Crippen LogP contribution in [0.1, 0.15) is 34.1 Å². The third-order valence-electron chi connectivity index (χ3n) is 3.67. The van der Waals surface area contributed by atoms with E-state index in [0.717, 1.165) is 31.0 Å². The number of ether oxygens (including phenoxy) is 1. The lowest BCUT2D eigenvalue weighted by atomic mass is 9.94. The number of carbonyl (C=O) groups excluding carboxylic acids is 1. The van der Waals surface area contributed by atoms with Crippen molar-refractivity contribution >= 4 is 17.8 Å². The van der Waals surface area contributed by atoms with Crippen molar-refractivity contribution < 1.29 is 9.53 Å². The average Bonchev–Trinajstić information content (AvgIpc) is 2.48. The molecule has 2 saturated heterocycles. The second-order valence-corrected chi connectivity index (χ2v) is 7.50. The van der Waals surface area contributed by atoms with Gasteiger partial charge in [0.2, 0.25) is 0 Å². The number of hydrogen-bond donors (Lipinski definition) is 1. The summed E-state index contributed by atoms with van der Waals surface area (Å²) in [6.45, 7) is 9.98. The maximum atomic E-state index is 12.2. The Morgan fingerprint density at radius 1 is 1.28 bits per heavy atom. The number of hydrogen-bond acceptors (Lipinski definition) is 3. The number of thioether (sulfide) groups is 1. The Morgan fingerprint density at radius 2 is 1.89 bits per heavy atom. The molecule has 0 aromatic carbocycles. The van der Waals surface area contributed by atoms with E-state index in [1.165, 1.54) is 0 Å². The number of urea groups is 1. The molecule has 104 valence electrons. The minimum atomic E-state index is -0.288. The van der Waals surface area contributed by atoms with Gasteiger partial charge in [0.15, 0.2) is 0 Å². The van der Waals surface area contributed by atoms with Crippen LogP contribution >= 0.6 is 11.8 Å². The van der Waals surface area contributed by atoms with Gasteiger partial charge in [-0.2, -0.15) is 11.8 Å². The van der Waals surface area contributed by atoms with Crippen LogP contribution in [0.4, 0.5) is 4.79 Å². The van der Waals surface area contributed by atoms with Crippen LogP contribution in [0.25, 0.3) is 0 Å². The lowest BCUT2D eigenvalue weighted by Crippen LogP contribution is -2.52. The van der Waals surface area contributed by atoms with Gasteiger partial charge in [-0.25, -0.2) is 4.79 Å². The normalized spacial score (nSPS) is 30.2. The van der Waals surface area contributed by atoms with Gasteiger partial charge in [0.25, 0.3) is 0 Å². The Kier molecular flexibility index (Phi) is 3.83. The zero-order valence-electron chi connectivity index (χ0n) is 11.8. The predicted molar refractivity (Wildman–Crippen MR) is 75.1 cm³/mol. The molecular formula is C13H24N2O2S. The first-order valence-corrected chi connectivity index (χ1v) is 7.79. The first kappa shape index (κ1) is 14.0. The molecule has 0 bridgehead atoms. The first-order chi connectivity index (χ1) is 8.30. The van der Waals surface area contributed by atoms with Crippen molar-refractivity contribution in [3.63, 3.8) is 0 Å². The quantitative estimate of drug-likeness (QED) is 0.795. The summed E-state index contributed by atoms with van der Waals surface area (Å²) in [5.41, 5.74) is -0.442. The Labute approximate surface area is 114 Å². The summed E-state index contributed by atoms with van der Waals surface area (Å²) in [4.78, 5) is 14.1. The Balaban J connectivity index is 1.94. The second-order valence-electron chi connectivity index (χ2n) is 6.27. The van der Waals surface area contributed by atoms with Crippen molar-refractivity contribution in [1.82, 2.24) is 10.2 Å². The molecular weight excluding hydrogens is 248 g/mol. The SMILES string of the molecule is CC1(C)CC(NC(=O)N2CCSCC2)C(C)(C)O1. The summed E-state index contributed by atoms with van der Waals surface area (Å²) >= 11 is 1.91. The summed E-state index contributed by atoms with van der Waals surface area (Å²) in [7, 11) is 0. The maximum absolute atomic E-state index is 12.2. The molecule has 4 nitrogen and oxygen atoms in total. The molecule has 18 heavy (non-hydrogen) atoms. The fourth-order valence-corrected chi connectivity index (χ4v) is 3.70. The van der Waals surface area contributed by atoms with Gasteiger partial charge < -0.3 is 15.0 Å². The Morgan fingerprint density at radius 3 is 2.39 bits per heavy atom. The lowest BCUT2D eigenvalue weighted by molar-refractivity contribution is -0.0692. The van der Waals surface area contributed by atoms with Crippen molar-refractivity contribution in [3.8, 4) is 0 Å². The van der Waals surface area contributed by atoms with E-state index < -0.39 is 0 Å². The molecule has 1 N–H and O–H groups in total. The third-order valence-corrected chi connectivity index (χ3v) is 4.61. The molecule has 1 unspecified atom stereocenters. The molecule has 2 rings (SSSR count). The van der Waals surface area contributed by atoms with Crippen molar-refractivity contribution in [3.05, 3.63) is 0 Å². The van der Waals surface area contributed by atoms with Gasteiger partial charge in [0.05, 0.1) is 17.2 Å². The van der Waals surface area contributed by atoms with Crippen LogP contribution in [-0.4, -0.2) is 52.8 Å². The van der Waals surface area contributed by atoms with Crippen LogP contribution in [0.15, 0.2) is 0 Å². The van der Waals surface area contributed by atoms with E-state index >= 15 is 0 Å². The predicted octanol–water partition coefficient (Wildman–Crippen LogP) is 2.09. The minimum Gasteiger partial charge on any atom is -0.367 e. The molecule has 2 aliphatic rings. The molecule has 1 atom stereocenters. The number of rotatable bonds is 1. The van der Waals surface area contributed by atoms with Crippen LogP contribution in [0.2, 0.25) is 0 Å². The lowest BCUT2D eigenvalue weighted by Gasteiger charge is -2.31. The number of nitrogens with one attached hydrogen (secondary N) is 1. The largest absolute Gasteiger partial charge is 0.367 e. The van der Waals surface area contributed by atoms with Crippen LogP contribution in [0.5, 0.6) is 0 Å². The second kappa shape index (κ2) is 4.93. The summed E-state index contributed by atoms with van der Waals surface area (Å²) in [5.74, 6) is 2.09. The highest BCUT2D eigenvalue weighted by Gasteiger charge is 2.46. The van der Waals surface area contributed by atoms with E-state index in [4.69, 9.17) is 4.74 Å². The van der Waals surface area contributed by atoms with E-state index in [2.05, 4.69) is 33.0 Å². The first-order valence-electron chi connectivity index (χ1n) is 6.63. The molecule has 2 aliphatic heterocycles. The fourth-order valence-electron chi connectivity index (χ4n) is 2.79. The average molecular weight is 272 g/mol. The number of carbonyl (C=O) groups is 1. The highest BCUT2D eigenvalue weighted by atomic mass is 32.2. The van der Waals surface area contributed by atoms with E-state index in [-0.39, 0.29) is 23.3 Å². The molecule has 2 heterocycles. The molecule has 0 aliphatic carbocycles. The van der Waals surface area contributed by atoms with E-state index in [1.54, 1.807) is 0 Å². The van der Waals surface area contributed by atoms with Crippen LogP contribution in [-0.2, 0) is 4.74 Å². The summed E-state index contributed by atoms with van der Waals surface area (Å²) in [6, 6.07) is 0.157. The van der Waals surface area contributed by atoms with Gasteiger partial charge in [-0.15, -0.1) is 0 Å². The molecule has 0 aromatic rings. The highest BCUT2D eigenvalue weighted by molar-refractivity contribution is 7.99. The molecule has 0 spiro atoms. The third kappa shape index (κ3) is 3.12. The monoisotopic (exact) mass is 272 g/mol. The van der Waals surface area contributed by atoms with Gasteiger partial charge in [-0.05, 0) is 34.1 Å². The highest BCUT2D eigenvalue weighted by Crippen LogP contribution is 2.37. The van der Waals surface area contributed by atoms with Gasteiger partial charge in [-0.3, -0.25) is 0 Å². The number of nitrogens with zero attached hydrogens (tertiary/aromatic N) is 1. The summed E-state index contributed by atoms with van der Waals surface area (Å²) < 4.78 is 6.00. The number of amides is 2. The Hall–Kier alpha value is -0.420. The fraction of sp³-hybridized carbons (Fsp3) is 0.923. The van der Waals surface area contributed by atoms with Gasteiger partial charge >= 0.3 is 6.03 Å². The molecule has 0 saturated carbocycles. The summed E-state index contributed by atoms with van der Waals surface area (Å²) in [6.07, 6.45) is 0.869. The molecule has 2 amide bonds. The molecule has 0 radical (unpaired) electrons. The van der Waals surface area contributed by atoms with Crippen LogP contribution in [0.3, 0.4) is 0 Å². The van der Waals surface area contributed by atoms with E-state index in [0.29, 0.717) is 0 Å². The van der Waals surface area contributed by atoms with Crippen LogP contribution < -0.4 is 5.32 Å². The molecule has 2 fully saturated rings. The zero-order chi connectivity index (χ0) is 13.4. The minimum absolute atomic E-state index is 0.0645. The standard InChI is InChI=1S/C13H24N2O2S/c1-12(2)9-10(13(3,4)17-12)14-11(16)15-5-7-18-8-6-15/h10H,5-9H2,1-4H3,(H,14,16). The Bertz CT molecular complexity index is 325. The van der Waals surface area contributed by atoms with E-state index in [9.17, 15) is 4.79 Å². The van der Waals surface area contributed by atoms with Crippen LogP contribution in [0, 0.1) is 0 Å². The van der Waals surface area contributed by atoms with Gasteiger partial charge in [-0.1, -0.05) is 0 Å². The summed E-state index contributed by atoms with van der Waals surface area (Å²) in [5, 5.41) is 3.15. The zero-order valence-corrected chi connectivity index (χ0v) is 12.6. The van der Waals surface area contributed by atoms with Crippen molar-refractivity contribution in [2.45, 2.75) is 51.4 Å². The smallest absolute Gasteiger partial charge is 0.317 e. The molecule has 5 heteroatoms.